The van der Waals surface area contributed by atoms with Gasteiger partial charge in [0.05, 0.1) is 0 Å². The molecule has 1 heterocycles. The first-order chi connectivity index (χ1) is 7.71. The Kier molecular flexibility index (Phi) is 4.99. The molecule has 0 atom stereocenters. The molecule has 1 rings (SSSR count). The molecular formula is C12H15ClN2O. The van der Waals surface area contributed by atoms with E-state index in [0.29, 0.717) is 11.7 Å². The summed E-state index contributed by atoms with van der Waals surface area (Å²) in [6.07, 6.45) is 7.93. The van der Waals surface area contributed by atoms with Gasteiger partial charge in [0.2, 0.25) is 11.7 Å². The van der Waals surface area contributed by atoms with E-state index in [1.54, 1.807) is 0 Å². The van der Waals surface area contributed by atoms with Crippen LogP contribution >= 0.6 is 11.6 Å². The Labute approximate surface area is 101 Å². The first kappa shape index (κ1) is 12.7. The fourth-order valence-corrected chi connectivity index (χ4v) is 1.15. The van der Waals surface area contributed by atoms with Gasteiger partial charge >= 0.3 is 0 Å². The van der Waals surface area contributed by atoms with E-state index >= 15 is 0 Å². The van der Waals surface area contributed by atoms with Crippen LogP contribution in [0.15, 0.2) is 34.4 Å². The fourth-order valence-electron chi connectivity index (χ4n) is 1.04. The molecule has 0 bridgehead atoms. The first-order valence-corrected chi connectivity index (χ1v) is 5.61. The molecule has 0 unspecified atom stereocenters. The minimum Gasteiger partial charge on any atom is -0.338 e. The normalized spacial score (nSPS) is 13.8. The lowest BCUT2D eigenvalue weighted by atomic mass is 10.2. The summed E-state index contributed by atoms with van der Waals surface area (Å²) >= 11 is 5.60. The van der Waals surface area contributed by atoms with Crippen molar-refractivity contribution >= 4 is 17.2 Å². The monoisotopic (exact) mass is 238 g/mol. The Balaban J connectivity index is 2.88. The molecule has 3 nitrogen and oxygen atoms in total. The van der Waals surface area contributed by atoms with Crippen molar-refractivity contribution in [2.45, 2.75) is 26.7 Å². The van der Waals surface area contributed by atoms with Crippen LogP contribution in [0.2, 0.25) is 0 Å². The van der Waals surface area contributed by atoms with Crippen molar-refractivity contribution in [3.05, 3.63) is 41.6 Å². The predicted octanol–water partition coefficient (Wildman–Crippen LogP) is 3.73. The van der Waals surface area contributed by atoms with Gasteiger partial charge in [0.15, 0.2) is 0 Å². The van der Waals surface area contributed by atoms with Crippen LogP contribution in [-0.4, -0.2) is 10.1 Å². The Morgan fingerprint density at radius 1 is 1.31 bits per heavy atom. The van der Waals surface area contributed by atoms with Gasteiger partial charge in [-0.05, 0) is 20.8 Å². The highest BCUT2D eigenvalue weighted by molar-refractivity contribution is 6.16. The summed E-state index contributed by atoms with van der Waals surface area (Å²) in [5.74, 6) is 1.24. The number of nitrogens with zero attached hydrogens (tertiary/aromatic N) is 2. The lowest BCUT2D eigenvalue weighted by Gasteiger charge is -1.93. The van der Waals surface area contributed by atoms with E-state index in [2.05, 4.69) is 10.1 Å². The van der Waals surface area contributed by atoms with Crippen molar-refractivity contribution in [2.24, 2.45) is 0 Å². The number of aromatic nitrogens is 2. The molecule has 0 radical (unpaired) electrons. The molecule has 1 aromatic rings. The zero-order valence-electron chi connectivity index (χ0n) is 9.70. The minimum atomic E-state index is 0.238. The molecule has 0 amide bonds. The molecule has 4 heteroatoms. The van der Waals surface area contributed by atoms with Crippen molar-refractivity contribution in [1.29, 1.82) is 0 Å². The highest BCUT2D eigenvalue weighted by atomic mass is 35.5. The second kappa shape index (κ2) is 6.28. The molecule has 16 heavy (non-hydrogen) atoms. The van der Waals surface area contributed by atoms with Crippen molar-refractivity contribution in [3.63, 3.8) is 0 Å². The molecular weight excluding hydrogens is 224 g/mol. The van der Waals surface area contributed by atoms with Crippen molar-refractivity contribution in [2.75, 3.05) is 0 Å². The Hall–Kier alpha value is -1.35. The van der Waals surface area contributed by atoms with Crippen LogP contribution in [0.25, 0.3) is 5.57 Å². The van der Waals surface area contributed by atoms with Gasteiger partial charge in [0, 0.05) is 5.57 Å². The Bertz CT molecular complexity index is 430. The van der Waals surface area contributed by atoms with E-state index < -0.39 is 0 Å². The SMILES string of the molecule is C\C=C(C)/C=C\C(=C/C)c1noc(CCl)n1. The zero-order chi connectivity index (χ0) is 12.0. The average Bonchev–Trinajstić information content (AvgIpc) is 2.78. The summed E-state index contributed by atoms with van der Waals surface area (Å²) in [5.41, 5.74) is 2.10. The number of halogens is 1. The predicted molar refractivity (Wildman–Crippen MR) is 66.1 cm³/mol. The quantitative estimate of drug-likeness (QED) is 0.593. The van der Waals surface area contributed by atoms with Crippen molar-refractivity contribution in [1.82, 2.24) is 10.1 Å². The molecule has 0 aliphatic heterocycles. The van der Waals surface area contributed by atoms with Crippen molar-refractivity contribution in [3.8, 4) is 0 Å². The van der Waals surface area contributed by atoms with Gasteiger partial charge in [-0.15, -0.1) is 11.6 Å². The maximum atomic E-state index is 5.60. The molecule has 0 aromatic carbocycles. The van der Waals surface area contributed by atoms with Gasteiger partial charge in [0.1, 0.15) is 5.88 Å². The van der Waals surface area contributed by atoms with Crippen LogP contribution in [0.3, 0.4) is 0 Å². The second-order valence-corrected chi connectivity index (χ2v) is 3.52. The zero-order valence-corrected chi connectivity index (χ0v) is 10.5. The molecule has 0 saturated heterocycles. The van der Waals surface area contributed by atoms with Gasteiger partial charge in [-0.2, -0.15) is 4.98 Å². The average molecular weight is 239 g/mol. The first-order valence-electron chi connectivity index (χ1n) is 5.07. The van der Waals surface area contributed by atoms with Crippen molar-refractivity contribution < 1.29 is 4.52 Å². The molecule has 0 spiro atoms. The highest BCUT2D eigenvalue weighted by Gasteiger charge is 2.06. The third-order valence-corrected chi connectivity index (χ3v) is 2.36. The van der Waals surface area contributed by atoms with E-state index in [9.17, 15) is 0 Å². The molecule has 0 aliphatic carbocycles. The van der Waals surface area contributed by atoms with E-state index in [1.165, 1.54) is 5.57 Å². The number of hydrogen-bond acceptors (Lipinski definition) is 3. The smallest absolute Gasteiger partial charge is 0.241 e. The Morgan fingerprint density at radius 2 is 2.06 bits per heavy atom. The van der Waals surface area contributed by atoms with Crippen LogP contribution in [-0.2, 0) is 5.88 Å². The van der Waals surface area contributed by atoms with Gasteiger partial charge in [-0.1, -0.05) is 35.0 Å². The van der Waals surface area contributed by atoms with Crippen LogP contribution in [0.1, 0.15) is 32.5 Å². The third kappa shape index (κ3) is 3.35. The molecule has 0 aliphatic rings. The second-order valence-electron chi connectivity index (χ2n) is 3.26. The number of alkyl halides is 1. The van der Waals surface area contributed by atoms with Gasteiger partial charge in [-0.25, -0.2) is 0 Å². The Morgan fingerprint density at radius 3 is 2.56 bits per heavy atom. The maximum absolute atomic E-state index is 5.60. The van der Waals surface area contributed by atoms with E-state index in [0.717, 1.165) is 5.57 Å². The van der Waals surface area contributed by atoms with E-state index in [4.69, 9.17) is 16.1 Å². The molecule has 86 valence electrons. The number of allylic oxidation sites excluding steroid dienone is 6. The van der Waals surface area contributed by atoms with Crippen LogP contribution in [0.4, 0.5) is 0 Å². The van der Waals surface area contributed by atoms with Gasteiger partial charge in [0.25, 0.3) is 0 Å². The fraction of sp³-hybridized carbons (Fsp3) is 0.333. The van der Waals surface area contributed by atoms with Crippen LogP contribution in [0.5, 0.6) is 0 Å². The van der Waals surface area contributed by atoms with Gasteiger partial charge < -0.3 is 4.52 Å². The molecule has 0 N–H and O–H groups in total. The van der Waals surface area contributed by atoms with Crippen LogP contribution < -0.4 is 0 Å². The molecule has 0 fully saturated rings. The minimum absolute atomic E-state index is 0.238. The lowest BCUT2D eigenvalue weighted by molar-refractivity contribution is 0.388. The summed E-state index contributed by atoms with van der Waals surface area (Å²) in [6, 6.07) is 0. The van der Waals surface area contributed by atoms with E-state index in [1.807, 2.05) is 45.1 Å². The highest BCUT2D eigenvalue weighted by Crippen LogP contribution is 2.14. The topological polar surface area (TPSA) is 38.9 Å². The summed E-state index contributed by atoms with van der Waals surface area (Å²) in [4.78, 5) is 4.15. The third-order valence-electron chi connectivity index (χ3n) is 2.13. The number of rotatable bonds is 4. The maximum Gasteiger partial charge on any atom is 0.241 e. The van der Waals surface area contributed by atoms with Crippen LogP contribution in [0, 0.1) is 0 Å². The van der Waals surface area contributed by atoms with E-state index in [-0.39, 0.29) is 5.88 Å². The summed E-state index contributed by atoms with van der Waals surface area (Å²) in [6.45, 7) is 5.96. The number of hydrogen-bond donors (Lipinski definition) is 0. The lowest BCUT2D eigenvalue weighted by Crippen LogP contribution is -1.85. The molecule has 1 aromatic heterocycles. The molecule has 0 saturated carbocycles. The standard InChI is InChI=1S/C12H15ClN2O/c1-4-9(3)6-7-10(5-2)12-14-11(8-13)16-15-12/h4-7H,8H2,1-3H3/b7-6-,9-4-,10-5+. The van der Waals surface area contributed by atoms with Gasteiger partial charge in [-0.3, -0.25) is 0 Å². The summed E-state index contributed by atoms with van der Waals surface area (Å²) in [7, 11) is 0. The largest absolute Gasteiger partial charge is 0.338 e. The summed E-state index contributed by atoms with van der Waals surface area (Å²) in [5, 5.41) is 3.85. The summed E-state index contributed by atoms with van der Waals surface area (Å²) < 4.78 is 4.95.